The summed E-state index contributed by atoms with van der Waals surface area (Å²) in [4.78, 5) is 38.2. The zero-order valence-corrected chi connectivity index (χ0v) is 18.2. The number of hydrogen-bond acceptors (Lipinski definition) is 6. The number of Topliss-reactive ketones (excluding diaryl/α,β-unsaturated/α-hetero) is 1. The Morgan fingerprint density at radius 1 is 1.18 bits per heavy atom. The van der Waals surface area contributed by atoms with Crippen LogP contribution < -0.4 is 0 Å². The Morgan fingerprint density at radius 2 is 1.79 bits per heavy atom. The molecule has 28 heavy (non-hydrogen) atoms. The molecule has 7 heteroatoms. The number of ketones is 1. The highest BCUT2D eigenvalue weighted by molar-refractivity contribution is 9.10. The van der Waals surface area contributed by atoms with Crippen LogP contribution in [0.1, 0.15) is 45.6 Å². The fourth-order valence-corrected chi connectivity index (χ4v) is 4.81. The normalized spacial score (nSPS) is 29.8. The van der Waals surface area contributed by atoms with Crippen LogP contribution >= 0.6 is 15.9 Å². The molecule has 0 amide bonds. The minimum Gasteiger partial charge on any atom is -0.466 e. The summed E-state index contributed by atoms with van der Waals surface area (Å²) in [6.07, 6.45) is 0.0170. The van der Waals surface area contributed by atoms with Crippen LogP contribution in [-0.2, 0) is 23.9 Å². The van der Waals surface area contributed by atoms with Gasteiger partial charge in [-0.15, -0.1) is 0 Å². The number of benzene rings is 1. The number of carbonyl (C=O) groups excluding carboxylic acids is 3. The lowest BCUT2D eigenvalue weighted by molar-refractivity contribution is -0.176. The third kappa shape index (κ3) is 4.63. The lowest BCUT2D eigenvalue weighted by Gasteiger charge is -2.47. The van der Waals surface area contributed by atoms with E-state index in [1.807, 2.05) is 18.2 Å². The molecule has 0 bridgehead atoms. The smallest absolute Gasteiger partial charge is 0.310 e. The third-order valence-electron chi connectivity index (χ3n) is 5.30. The van der Waals surface area contributed by atoms with Gasteiger partial charge in [-0.05, 0) is 51.8 Å². The third-order valence-corrected chi connectivity index (χ3v) is 5.80. The highest BCUT2D eigenvalue weighted by atomic mass is 79.9. The van der Waals surface area contributed by atoms with E-state index in [9.17, 15) is 19.5 Å². The second kappa shape index (κ2) is 9.18. The van der Waals surface area contributed by atoms with Crippen molar-refractivity contribution in [3.05, 3.63) is 34.3 Å². The van der Waals surface area contributed by atoms with Crippen molar-refractivity contribution in [1.82, 2.24) is 0 Å². The predicted octanol–water partition coefficient (Wildman–Crippen LogP) is 3.25. The number of rotatable bonds is 6. The zero-order valence-electron chi connectivity index (χ0n) is 16.6. The van der Waals surface area contributed by atoms with Crippen LogP contribution in [0.4, 0.5) is 0 Å². The second-order valence-electron chi connectivity index (χ2n) is 7.37. The summed E-state index contributed by atoms with van der Waals surface area (Å²) in [5, 5.41) is 11.1. The van der Waals surface area contributed by atoms with E-state index in [4.69, 9.17) is 9.47 Å². The molecule has 1 aromatic rings. The number of esters is 2. The Morgan fingerprint density at radius 3 is 2.32 bits per heavy atom. The van der Waals surface area contributed by atoms with E-state index in [1.165, 1.54) is 13.8 Å². The van der Waals surface area contributed by atoms with Gasteiger partial charge in [-0.1, -0.05) is 28.1 Å². The molecule has 0 aliphatic heterocycles. The topological polar surface area (TPSA) is 89.9 Å². The highest BCUT2D eigenvalue weighted by Gasteiger charge is 2.57. The molecule has 5 unspecified atom stereocenters. The maximum Gasteiger partial charge on any atom is 0.310 e. The summed E-state index contributed by atoms with van der Waals surface area (Å²) in [5.74, 6) is -4.82. The SMILES string of the molecule is CCOC(=O)C1CC(C)(O)C(C(C)=O)C(C(=O)OCC)C1c1cccc(Br)c1. The van der Waals surface area contributed by atoms with Crippen LogP contribution in [-0.4, -0.2) is 41.6 Å². The zero-order chi connectivity index (χ0) is 21.1. The quantitative estimate of drug-likeness (QED) is 0.663. The summed E-state index contributed by atoms with van der Waals surface area (Å²) in [5.41, 5.74) is -0.823. The number of halogens is 1. The molecule has 6 nitrogen and oxygen atoms in total. The summed E-state index contributed by atoms with van der Waals surface area (Å²) in [7, 11) is 0. The number of ether oxygens (including phenoxy) is 2. The molecule has 0 aromatic heterocycles. The van der Waals surface area contributed by atoms with Crippen molar-refractivity contribution in [2.75, 3.05) is 13.2 Å². The van der Waals surface area contributed by atoms with Crippen LogP contribution in [0.5, 0.6) is 0 Å². The summed E-state index contributed by atoms with van der Waals surface area (Å²) < 4.78 is 11.3. The summed E-state index contributed by atoms with van der Waals surface area (Å²) in [6, 6.07) is 7.27. The maximum atomic E-state index is 12.9. The van der Waals surface area contributed by atoms with Crippen molar-refractivity contribution in [1.29, 1.82) is 0 Å². The molecule has 1 aliphatic carbocycles. The molecule has 1 N–H and O–H groups in total. The molecule has 5 atom stereocenters. The van der Waals surface area contributed by atoms with E-state index < -0.39 is 41.2 Å². The van der Waals surface area contributed by atoms with Gasteiger partial charge in [-0.25, -0.2) is 0 Å². The van der Waals surface area contributed by atoms with Crippen LogP contribution in [0.15, 0.2) is 28.7 Å². The first-order valence-corrected chi connectivity index (χ1v) is 10.2. The van der Waals surface area contributed by atoms with Gasteiger partial charge >= 0.3 is 11.9 Å². The fourth-order valence-electron chi connectivity index (χ4n) is 4.39. The first-order valence-electron chi connectivity index (χ1n) is 9.45. The second-order valence-corrected chi connectivity index (χ2v) is 8.28. The molecule has 1 aliphatic rings. The van der Waals surface area contributed by atoms with Crippen LogP contribution in [0.2, 0.25) is 0 Å². The molecule has 0 heterocycles. The highest BCUT2D eigenvalue weighted by Crippen LogP contribution is 2.51. The van der Waals surface area contributed by atoms with Crippen molar-refractivity contribution in [2.24, 2.45) is 17.8 Å². The van der Waals surface area contributed by atoms with Crippen molar-refractivity contribution < 1.29 is 29.0 Å². The lowest BCUT2D eigenvalue weighted by Crippen LogP contribution is -2.56. The Bertz CT molecular complexity index is 744. The average molecular weight is 455 g/mol. The maximum absolute atomic E-state index is 12.9. The molecule has 0 saturated heterocycles. The molecule has 1 fully saturated rings. The van der Waals surface area contributed by atoms with E-state index >= 15 is 0 Å². The van der Waals surface area contributed by atoms with Gasteiger partial charge < -0.3 is 14.6 Å². The van der Waals surface area contributed by atoms with Gasteiger partial charge in [-0.2, -0.15) is 0 Å². The minimum atomic E-state index is -1.54. The Hall–Kier alpha value is -1.73. The Balaban J connectivity index is 2.68. The van der Waals surface area contributed by atoms with Gasteiger partial charge in [0.05, 0.1) is 36.6 Å². The van der Waals surface area contributed by atoms with E-state index in [0.29, 0.717) is 5.56 Å². The number of aliphatic hydroxyl groups is 1. The monoisotopic (exact) mass is 454 g/mol. The minimum absolute atomic E-state index is 0.0170. The van der Waals surface area contributed by atoms with Gasteiger partial charge in [0.15, 0.2) is 0 Å². The van der Waals surface area contributed by atoms with Crippen molar-refractivity contribution >= 4 is 33.7 Å². The van der Waals surface area contributed by atoms with Crippen LogP contribution in [0, 0.1) is 17.8 Å². The van der Waals surface area contributed by atoms with E-state index in [2.05, 4.69) is 15.9 Å². The lowest BCUT2D eigenvalue weighted by atomic mass is 9.57. The predicted molar refractivity (Wildman–Crippen MR) is 107 cm³/mol. The molecule has 0 radical (unpaired) electrons. The first kappa shape index (κ1) is 22.6. The molecular weight excluding hydrogens is 428 g/mol. The van der Waals surface area contributed by atoms with E-state index in [1.54, 1.807) is 19.9 Å². The van der Waals surface area contributed by atoms with E-state index in [0.717, 1.165) is 4.47 Å². The van der Waals surface area contributed by atoms with E-state index in [-0.39, 0.29) is 25.4 Å². The number of carbonyl (C=O) groups is 3. The van der Waals surface area contributed by atoms with Gasteiger partial charge in [0.25, 0.3) is 0 Å². The summed E-state index contributed by atoms with van der Waals surface area (Å²) in [6.45, 7) is 6.55. The van der Waals surface area contributed by atoms with Crippen molar-refractivity contribution in [3.8, 4) is 0 Å². The molecule has 0 spiro atoms. The first-order chi connectivity index (χ1) is 13.1. The average Bonchev–Trinajstić information content (AvgIpc) is 2.60. The van der Waals surface area contributed by atoms with Gasteiger partial charge in [0.2, 0.25) is 0 Å². The molecular formula is C21H27BrO6. The van der Waals surface area contributed by atoms with Gasteiger partial charge in [0.1, 0.15) is 5.78 Å². The van der Waals surface area contributed by atoms with Crippen LogP contribution in [0.25, 0.3) is 0 Å². The van der Waals surface area contributed by atoms with Crippen molar-refractivity contribution in [3.63, 3.8) is 0 Å². The standard InChI is InChI=1S/C21H27BrO6/c1-5-27-19(24)15-11-21(4,26)18(12(3)23)17(20(25)28-6-2)16(15)13-8-7-9-14(22)10-13/h7-10,15-18,26H,5-6,11H2,1-4H3. The molecule has 1 saturated carbocycles. The van der Waals surface area contributed by atoms with Crippen molar-refractivity contribution in [2.45, 2.75) is 45.6 Å². The largest absolute Gasteiger partial charge is 0.466 e. The Kier molecular flexibility index (Phi) is 7.39. The van der Waals surface area contributed by atoms with Gasteiger partial charge in [0, 0.05) is 10.4 Å². The Labute approximate surface area is 173 Å². The number of hydrogen-bond donors (Lipinski definition) is 1. The molecule has 154 valence electrons. The fraction of sp³-hybridized carbons (Fsp3) is 0.571. The molecule has 1 aromatic carbocycles. The van der Waals surface area contributed by atoms with Gasteiger partial charge in [-0.3, -0.25) is 14.4 Å². The summed E-state index contributed by atoms with van der Waals surface area (Å²) >= 11 is 3.42. The van der Waals surface area contributed by atoms with Crippen LogP contribution in [0.3, 0.4) is 0 Å². The molecule has 2 rings (SSSR count).